The standard InChI is InChI=1S/C15H31N3O2/c1-3-18(12-14(19)17-10-7-11-20-2)15(13-16)8-5-4-6-9-15/h3-13,16H2,1-2H3,(H,17,19). The van der Waals surface area contributed by atoms with Crippen LogP contribution in [0.5, 0.6) is 0 Å². The van der Waals surface area contributed by atoms with E-state index in [0.717, 1.165) is 25.8 Å². The molecule has 1 aliphatic carbocycles. The zero-order chi connectivity index (χ0) is 14.8. The number of hydrogen-bond acceptors (Lipinski definition) is 4. The first-order chi connectivity index (χ1) is 9.68. The van der Waals surface area contributed by atoms with Crippen LogP contribution in [0.1, 0.15) is 45.4 Å². The Morgan fingerprint density at radius 3 is 2.60 bits per heavy atom. The van der Waals surface area contributed by atoms with Gasteiger partial charge < -0.3 is 15.8 Å². The maximum atomic E-state index is 12.0. The number of nitrogens with zero attached hydrogens (tertiary/aromatic N) is 1. The largest absolute Gasteiger partial charge is 0.385 e. The molecule has 5 nitrogen and oxygen atoms in total. The van der Waals surface area contributed by atoms with Crippen molar-refractivity contribution in [2.24, 2.45) is 5.73 Å². The number of hydrogen-bond donors (Lipinski definition) is 2. The molecular formula is C15H31N3O2. The zero-order valence-corrected chi connectivity index (χ0v) is 13.1. The van der Waals surface area contributed by atoms with Gasteiger partial charge in [0.1, 0.15) is 0 Å². The lowest BCUT2D eigenvalue weighted by Gasteiger charge is -2.45. The Labute approximate surface area is 123 Å². The fourth-order valence-corrected chi connectivity index (χ4v) is 3.15. The molecule has 0 aromatic carbocycles. The highest BCUT2D eigenvalue weighted by atomic mass is 16.5. The number of nitrogens with two attached hydrogens (primary N) is 1. The number of ether oxygens (including phenoxy) is 1. The molecule has 0 saturated heterocycles. The van der Waals surface area contributed by atoms with Crippen LogP contribution in [-0.4, -0.2) is 56.2 Å². The number of rotatable bonds is 9. The molecule has 1 fully saturated rings. The van der Waals surface area contributed by atoms with Gasteiger partial charge in [0.15, 0.2) is 0 Å². The van der Waals surface area contributed by atoms with Crippen LogP contribution in [0.4, 0.5) is 0 Å². The molecule has 0 bridgehead atoms. The van der Waals surface area contributed by atoms with E-state index in [1.54, 1.807) is 7.11 Å². The first-order valence-corrected chi connectivity index (χ1v) is 7.89. The van der Waals surface area contributed by atoms with Gasteiger partial charge in [-0.3, -0.25) is 9.69 Å². The van der Waals surface area contributed by atoms with Crippen LogP contribution in [0.25, 0.3) is 0 Å². The first kappa shape index (κ1) is 17.4. The normalized spacial score (nSPS) is 18.2. The molecule has 118 valence electrons. The number of amides is 1. The Hall–Kier alpha value is -0.650. The van der Waals surface area contributed by atoms with E-state index in [0.29, 0.717) is 26.2 Å². The van der Waals surface area contributed by atoms with Crippen molar-refractivity contribution in [2.75, 3.05) is 39.9 Å². The SMILES string of the molecule is CCN(CC(=O)NCCCOC)C1(CN)CCCCC1. The minimum Gasteiger partial charge on any atom is -0.385 e. The van der Waals surface area contributed by atoms with Crippen molar-refractivity contribution >= 4 is 5.91 Å². The maximum absolute atomic E-state index is 12.0. The molecule has 3 N–H and O–H groups in total. The molecule has 5 heteroatoms. The summed E-state index contributed by atoms with van der Waals surface area (Å²) >= 11 is 0. The van der Waals surface area contributed by atoms with E-state index in [4.69, 9.17) is 10.5 Å². The third kappa shape index (κ3) is 5.04. The van der Waals surface area contributed by atoms with E-state index >= 15 is 0 Å². The molecule has 0 aromatic heterocycles. The average Bonchev–Trinajstić information content (AvgIpc) is 2.50. The molecule has 1 rings (SSSR count). The van der Waals surface area contributed by atoms with Crippen molar-refractivity contribution in [3.63, 3.8) is 0 Å². The Morgan fingerprint density at radius 1 is 1.35 bits per heavy atom. The highest BCUT2D eigenvalue weighted by Crippen LogP contribution is 2.32. The van der Waals surface area contributed by atoms with Crippen molar-refractivity contribution in [3.8, 4) is 0 Å². The van der Waals surface area contributed by atoms with Crippen molar-refractivity contribution in [2.45, 2.75) is 51.0 Å². The van der Waals surface area contributed by atoms with E-state index < -0.39 is 0 Å². The van der Waals surface area contributed by atoms with E-state index in [1.165, 1.54) is 19.3 Å². The molecule has 0 heterocycles. The summed E-state index contributed by atoms with van der Waals surface area (Å²) in [4.78, 5) is 14.3. The van der Waals surface area contributed by atoms with Gasteiger partial charge in [0.05, 0.1) is 6.54 Å². The second-order valence-corrected chi connectivity index (χ2v) is 5.70. The fraction of sp³-hybridized carbons (Fsp3) is 0.933. The Kier molecular flexibility index (Phi) is 8.11. The van der Waals surface area contributed by atoms with Gasteiger partial charge in [0.2, 0.25) is 5.91 Å². The van der Waals surface area contributed by atoms with Gasteiger partial charge in [-0.1, -0.05) is 26.2 Å². The summed E-state index contributed by atoms with van der Waals surface area (Å²) in [6.07, 6.45) is 6.84. The first-order valence-electron chi connectivity index (χ1n) is 7.89. The van der Waals surface area contributed by atoms with Gasteiger partial charge >= 0.3 is 0 Å². The van der Waals surface area contributed by atoms with Gasteiger partial charge in [0.25, 0.3) is 0 Å². The third-order valence-corrected chi connectivity index (χ3v) is 4.40. The van der Waals surface area contributed by atoms with Crippen LogP contribution in [0.15, 0.2) is 0 Å². The number of carbonyl (C=O) groups excluding carboxylic acids is 1. The second-order valence-electron chi connectivity index (χ2n) is 5.70. The van der Waals surface area contributed by atoms with E-state index in [-0.39, 0.29) is 11.4 Å². The number of carbonyl (C=O) groups is 1. The molecule has 1 aliphatic rings. The van der Waals surface area contributed by atoms with Gasteiger partial charge in [-0.25, -0.2) is 0 Å². The van der Waals surface area contributed by atoms with E-state index in [9.17, 15) is 4.79 Å². The molecule has 0 unspecified atom stereocenters. The maximum Gasteiger partial charge on any atom is 0.234 e. The molecule has 1 saturated carbocycles. The topological polar surface area (TPSA) is 67.6 Å². The van der Waals surface area contributed by atoms with Gasteiger partial charge in [-0.05, 0) is 25.8 Å². The van der Waals surface area contributed by atoms with Crippen LogP contribution < -0.4 is 11.1 Å². The molecule has 0 aromatic rings. The van der Waals surface area contributed by atoms with Crippen LogP contribution in [0.3, 0.4) is 0 Å². The van der Waals surface area contributed by atoms with Gasteiger partial charge in [-0.2, -0.15) is 0 Å². The van der Waals surface area contributed by atoms with Crippen molar-refractivity contribution in [3.05, 3.63) is 0 Å². The van der Waals surface area contributed by atoms with Crippen LogP contribution in [-0.2, 0) is 9.53 Å². The van der Waals surface area contributed by atoms with E-state index in [2.05, 4.69) is 17.1 Å². The minimum absolute atomic E-state index is 0.0386. The molecule has 0 radical (unpaired) electrons. The van der Waals surface area contributed by atoms with Gasteiger partial charge in [-0.15, -0.1) is 0 Å². The summed E-state index contributed by atoms with van der Waals surface area (Å²) in [7, 11) is 1.68. The van der Waals surface area contributed by atoms with Gasteiger partial charge in [0, 0.05) is 32.3 Å². The smallest absolute Gasteiger partial charge is 0.234 e. The quantitative estimate of drug-likeness (QED) is 0.623. The highest BCUT2D eigenvalue weighted by Gasteiger charge is 2.36. The average molecular weight is 285 g/mol. The molecule has 1 amide bonds. The Balaban J connectivity index is 2.45. The summed E-state index contributed by atoms with van der Waals surface area (Å²) in [6.45, 7) is 5.47. The summed E-state index contributed by atoms with van der Waals surface area (Å²) in [5.41, 5.74) is 6.08. The Bertz CT molecular complexity index is 278. The zero-order valence-electron chi connectivity index (χ0n) is 13.1. The lowest BCUT2D eigenvalue weighted by Crippen LogP contribution is -2.57. The van der Waals surface area contributed by atoms with Crippen molar-refractivity contribution in [1.29, 1.82) is 0 Å². The van der Waals surface area contributed by atoms with Crippen LogP contribution in [0.2, 0.25) is 0 Å². The molecule has 20 heavy (non-hydrogen) atoms. The number of methoxy groups -OCH3 is 1. The summed E-state index contributed by atoms with van der Waals surface area (Å²) in [5, 5.41) is 2.96. The molecule has 0 aliphatic heterocycles. The summed E-state index contributed by atoms with van der Waals surface area (Å²) in [5.74, 6) is 0.0985. The number of nitrogens with one attached hydrogen (secondary N) is 1. The van der Waals surface area contributed by atoms with Crippen molar-refractivity contribution in [1.82, 2.24) is 10.2 Å². The Morgan fingerprint density at radius 2 is 2.05 bits per heavy atom. The third-order valence-electron chi connectivity index (χ3n) is 4.40. The lowest BCUT2D eigenvalue weighted by atomic mass is 9.80. The van der Waals surface area contributed by atoms with Crippen LogP contribution in [0, 0.1) is 0 Å². The number of likely N-dealkylation sites (N-methyl/N-ethyl adjacent to an activating group) is 1. The summed E-state index contributed by atoms with van der Waals surface area (Å²) in [6, 6.07) is 0. The lowest BCUT2D eigenvalue weighted by molar-refractivity contribution is -0.124. The predicted molar refractivity (Wildman–Crippen MR) is 81.6 cm³/mol. The molecular weight excluding hydrogens is 254 g/mol. The fourth-order valence-electron chi connectivity index (χ4n) is 3.15. The summed E-state index contributed by atoms with van der Waals surface area (Å²) < 4.78 is 4.98. The molecule has 0 atom stereocenters. The molecule has 0 spiro atoms. The predicted octanol–water partition coefficient (Wildman–Crippen LogP) is 1.12. The van der Waals surface area contributed by atoms with Crippen LogP contribution >= 0.6 is 0 Å². The van der Waals surface area contributed by atoms with E-state index in [1.807, 2.05) is 0 Å². The highest BCUT2D eigenvalue weighted by molar-refractivity contribution is 5.78. The van der Waals surface area contributed by atoms with Crippen molar-refractivity contribution < 1.29 is 9.53 Å². The minimum atomic E-state index is 0.0386. The second kappa shape index (κ2) is 9.32. The monoisotopic (exact) mass is 285 g/mol.